The Morgan fingerprint density at radius 1 is 1.47 bits per heavy atom. The molecule has 0 unspecified atom stereocenters. The molecule has 0 saturated carbocycles. The van der Waals surface area contributed by atoms with Crippen molar-refractivity contribution in [3.63, 3.8) is 0 Å². The number of aliphatic hydroxyl groups excluding tert-OH is 1. The average Bonchev–Trinajstić information content (AvgIpc) is 2.34. The summed E-state index contributed by atoms with van der Waals surface area (Å²) in [4.78, 5) is 11.9. The molecule has 1 aromatic rings. The number of anilines is 1. The van der Waals surface area contributed by atoms with E-state index in [0.717, 1.165) is 12.0 Å². The van der Waals surface area contributed by atoms with Crippen LogP contribution in [-0.4, -0.2) is 11.1 Å². The van der Waals surface area contributed by atoms with Gasteiger partial charge in [-0.3, -0.25) is 0 Å². The topological polar surface area (TPSA) is 72.5 Å². The number of carbonyl (C=O) groups is 1. The van der Waals surface area contributed by atoms with Crippen LogP contribution in [-0.2, 0) is 16.0 Å². The highest BCUT2D eigenvalue weighted by Crippen LogP contribution is 2.25. The number of rotatable bonds is 3. The van der Waals surface area contributed by atoms with Crippen LogP contribution in [0.25, 0.3) is 0 Å². The highest BCUT2D eigenvalue weighted by molar-refractivity contribution is 5.91. The number of ether oxygens (including phenoxy) is 1. The Balaban J connectivity index is 2.22. The van der Waals surface area contributed by atoms with Gasteiger partial charge in [0.25, 0.3) is 0 Å². The zero-order valence-corrected chi connectivity index (χ0v) is 10.8. The minimum Gasteiger partial charge on any atom is -0.511 e. The number of allylic oxidation sites excluding steroid dienone is 1. The van der Waals surface area contributed by atoms with Gasteiger partial charge in [-0.1, -0.05) is 19.1 Å². The van der Waals surface area contributed by atoms with Crippen LogP contribution in [0.1, 0.15) is 25.3 Å². The Kier molecular flexibility index (Phi) is 3.90. The average molecular weight is 259 g/mol. The van der Waals surface area contributed by atoms with Gasteiger partial charge in [-0.05, 0) is 30.2 Å². The molecule has 1 aromatic carbocycles. The molecule has 100 valence electrons. The van der Waals surface area contributed by atoms with Gasteiger partial charge in [0.15, 0.2) is 0 Å². The van der Waals surface area contributed by atoms with E-state index in [1.165, 1.54) is 0 Å². The number of nitrogen functional groups attached to an aromatic ring is 1. The predicted octanol–water partition coefficient (Wildman–Crippen LogP) is 2.86. The second-order valence-corrected chi connectivity index (χ2v) is 4.49. The highest BCUT2D eigenvalue weighted by Gasteiger charge is 2.25. The zero-order valence-electron chi connectivity index (χ0n) is 10.8. The molecule has 4 nitrogen and oxygen atoms in total. The lowest BCUT2D eigenvalue weighted by atomic mass is 10.0. The molecule has 0 fully saturated rings. The van der Waals surface area contributed by atoms with Gasteiger partial charge in [-0.2, -0.15) is 0 Å². The second kappa shape index (κ2) is 5.61. The van der Waals surface area contributed by atoms with E-state index in [4.69, 9.17) is 10.5 Å². The first-order valence-corrected chi connectivity index (χ1v) is 6.26. The van der Waals surface area contributed by atoms with Crippen molar-refractivity contribution < 1.29 is 14.6 Å². The molecular weight excluding hydrogens is 242 g/mol. The lowest BCUT2D eigenvalue weighted by Crippen LogP contribution is -2.18. The van der Waals surface area contributed by atoms with E-state index in [1.807, 2.05) is 19.1 Å². The van der Waals surface area contributed by atoms with Crippen LogP contribution in [0.2, 0.25) is 0 Å². The van der Waals surface area contributed by atoms with Gasteiger partial charge in [-0.25, -0.2) is 4.79 Å². The van der Waals surface area contributed by atoms with E-state index in [0.29, 0.717) is 23.4 Å². The Labute approximate surface area is 112 Å². The molecule has 3 N–H and O–H groups in total. The Morgan fingerprint density at radius 3 is 2.89 bits per heavy atom. The smallest absolute Gasteiger partial charge is 0.342 e. The third-order valence-corrected chi connectivity index (χ3v) is 2.92. The van der Waals surface area contributed by atoms with Gasteiger partial charge >= 0.3 is 5.97 Å². The van der Waals surface area contributed by atoms with E-state index in [9.17, 15) is 9.90 Å². The van der Waals surface area contributed by atoms with Gasteiger partial charge in [0.1, 0.15) is 11.5 Å². The van der Waals surface area contributed by atoms with Gasteiger partial charge in [-0.15, -0.1) is 0 Å². The summed E-state index contributed by atoms with van der Waals surface area (Å²) in [5.74, 6) is 0.116. The normalized spacial score (nSPS) is 17.7. The third-order valence-electron chi connectivity index (χ3n) is 2.92. The van der Waals surface area contributed by atoms with E-state index in [-0.39, 0.29) is 12.2 Å². The van der Waals surface area contributed by atoms with E-state index in [2.05, 4.69) is 0 Å². The van der Waals surface area contributed by atoms with E-state index < -0.39 is 5.97 Å². The molecule has 0 aliphatic carbocycles. The van der Waals surface area contributed by atoms with Crippen molar-refractivity contribution in [2.24, 2.45) is 0 Å². The van der Waals surface area contributed by atoms with Crippen molar-refractivity contribution in [1.82, 2.24) is 0 Å². The van der Waals surface area contributed by atoms with Crippen LogP contribution in [0.3, 0.4) is 0 Å². The molecule has 0 amide bonds. The molecule has 4 heteroatoms. The van der Waals surface area contributed by atoms with Crippen molar-refractivity contribution in [3.8, 4) is 0 Å². The number of hydrogen-bond acceptors (Lipinski definition) is 4. The standard InChI is InChI=1S/C15H17NO3/c1-2-4-12-9-14(17)13(15(18)19-12)8-10-5-3-6-11(16)7-10/h3-7,17H,2,8-9,16H2,1H3/b12-4+. The quantitative estimate of drug-likeness (QED) is 0.646. The van der Waals surface area contributed by atoms with Crippen molar-refractivity contribution in [2.45, 2.75) is 26.2 Å². The number of carbonyl (C=O) groups excluding carboxylic acids is 1. The largest absolute Gasteiger partial charge is 0.511 e. The maximum Gasteiger partial charge on any atom is 0.342 e. The first kappa shape index (κ1) is 13.2. The summed E-state index contributed by atoms with van der Waals surface area (Å²) in [6.45, 7) is 1.95. The number of esters is 1. The fraction of sp³-hybridized carbons (Fsp3) is 0.267. The monoisotopic (exact) mass is 259 g/mol. The fourth-order valence-electron chi connectivity index (χ4n) is 2.03. The molecule has 0 saturated heterocycles. The Bertz CT molecular complexity index is 558. The van der Waals surface area contributed by atoms with Gasteiger partial charge < -0.3 is 15.6 Å². The summed E-state index contributed by atoms with van der Waals surface area (Å²) in [5, 5.41) is 9.97. The molecule has 19 heavy (non-hydrogen) atoms. The molecule has 2 rings (SSSR count). The van der Waals surface area contributed by atoms with Gasteiger partial charge in [0.2, 0.25) is 0 Å². The van der Waals surface area contributed by atoms with Crippen LogP contribution in [0.5, 0.6) is 0 Å². The summed E-state index contributed by atoms with van der Waals surface area (Å²) in [7, 11) is 0. The molecular formula is C15H17NO3. The van der Waals surface area contributed by atoms with E-state index >= 15 is 0 Å². The predicted molar refractivity (Wildman–Crippen MR) is 73.3 cm³/mol. The number of cyclic esters (lactones) is 1. The summed E-state index contributed by atoms with van der Waals surface area (Å²) in [6, 6.07) is 7.24. The number of nitrogens with two attached hydrogens (primary N) is 1. The van der Waals surface area contributed by atoms with Crippen LogP contribution in [0.4, 0.5) is 5.69 Å². The lowest BCUT2D eigenvalue weighted by Gasteiger charge is -2.18. The molecule has 1 heterocycles. The summed E-state index contributed by atoms with van der Waals surface area (Å²) < 4.78 is 5.19. The van der Waals surface area contributed by atoms with Crippen molar-refractivity contribution in [2.75, 3.05) is 5.73 Å². The minimum atomic E-state index is -0.481. The number of aliphatic hydroxyl groups is 1. The second-order valence-electron chi connectivity index (χ2n) is 4.49. The highest BCUT2D eigenvalue weighted by atomic mass is 16.5. The molecule has 1 aliphatic rings. The Hall–Kier alpha value is -2.23. The first-order valence-electron chi connectivity index (χ1n) is 6.26. The first-order chi connectivity index (χ1) is 9.10. The summed E-state index contributed by atoms with van der Waals surface area (Å²) >= 11 is 0. The maximum atomic E-state index is 11.9. The van der Waals surface area contributed by atoms with Crippen molar-refractivity contribution in [1.29, 1.82) is 0 Å². The minimum absolute atomic E-state index is 0.0818. The van der Waals surface area contributed by atoms with Gasteiger partial charge in [0.05, 0.1) is 12.0 Å². The van der Waals surface area contributed by atoms with E-state index in [1.54, 1.807) is 18.2 Å². The molecule has 0 spiro atoms. The van der Waals surface area contributed by atoms with Crippen LogP contribution in [0, 0.1) is 0 Å². The number of hydrogen-bond donors (Lipinski definition) is 2. The summed E-state index contributed by atoms with van der Waals surface area (Å²) in [6.07, 6.45) is 3.16. The van der Waals surface area contributed by atoms with Crippen molar-refractivity contribution >= 4 is 11.7 Å². The third kappa shape index (κ3) is 3.16. The molecule has 0 atom stereocenters. The van der Waals surface area contributed by atoms with Crippen LogP contribution < -0.4 is 5.73 Å². The van der Waals surface area contributed by atoms with Crippen molar-refractivity contribution in [3.05, 3.63) is 53.0 Å². The molecule has 0 radical (unpaired) electrons. The van der Waals surface area contributed by atoms with Crippen LogP contribution in [0.15, 0.2) is 47.4 Å². The fourth-order valence-corrected chi connectivity index (χ4v) is 2.03. The maximum absolute atomic E-state index is 11.9. The van der Waals surface area contributed by atoms with Crippen LogP contribution >= 0.6 is 0 Å². The summed E-state index contributed by atoms with van der Waals surface area (Å²) in [5.41, 5.74) is 7.50. The molecule has 0 bridgehead atoms. The lowest BCUT2D eigenvalue weighted by molar-refractivity contribution is -0.136. The number of benzene rings is 1. The SMILES string of the molecule is CC/C=C1\CC(O)=C(Cc2cccc(N)c2)C(=O)O1. The van der Waals surface area contributed by atoms with Gasteiger partial charge in [0, 0.05) is 12.1 Å². The molecule has 0 aromatic heterocycles. The Morgan fingerprint density at radius 2 is 2.26 bits per heavy atom. The molecule has 1 aliphatic heterocycles. The zero-order chi connectivity index (χ0) is 13.8.